The van der Waals surface area contributed by atoms with E-state index in [1.165, 1.54) is 17.9 Å². The Morgan fingerprint density at radius 3 is 2.87 bits per heavy atom. The first-order chi connectivity index (χ1) is 7.13. The molecule has 78 valence electrons. The van der Waals surface area contributed by atoms with Crippen LogP contribution in [-0.4, -0.2) is 26.6 Å². The molecular weight excluding hydrogens is 198 g/mol. The van der Waals surface area contributed by atoms with Crippen molar-refractivity contribution in [1.29, 1.82) is 0 Å². The van der Waals surface area contributed by atoms with E-state index in [9.17, 15) is 4.79 Å². The zero-order valence-electron chi connectivity index (χ0n) is 8.26. The largest absolute Gasteiger partial charge is 0.479 e. The van der Waals surface area contributed by atoms with E-state index in [-0.39, 0.29) is 17.4 Å². The molecule has 0 saturated carbocycles. The molecule has 0 fully saturated rings. The maximum absolute atomic E-state index is 11.3. The van der Waals surface area contributed by atoms with Gasteiger partial charge in [-0.05, 0) is 0 Å². The molecule has 2 rings (SSSR count). The second-order valence-electron chi connectivity index (χ2n) is 2.92. The van der Waals surface area contributed by atoms with Gasteiger partial charge >= 0.3 is 0 Å². The second kappa shape index (κ2) is 3.19. The SMILES string of the molecule is COc1nc(N)nc2c1ncc(=O)n2C. The van der Waals surface area contributed by atoms with Crippen LogP contribution in [0.5, 0.6) is 5.88 Å². The van der Waals surface area contributed by atoms with Crippen molar-refractivity contribution in [2.24, 2.45) is 7.05 Å². The smallest absolute Gasteiger partial charge is 0.270 e. The molecule has 2 aromatic rings. The Kier molecular flexibility index (Phi) is 2.00. The molecule has 0 bridgehead atoms. The summed E-state index contributed by atoms with van der Waals surface area (Å²) in [5, 5.41) is 0. The first-order valence-electron chi connectivity index (χ1n) is 4.16. The summed E-state index contributed by atoms with van der Waals surface area (Å²) >= 11 is 0. The molecule has 0 aromatic carbocycles. The average molecular weight is 207 g/mol. The van der Waals surface area contributed by atoms with Gasteiger partial charge < -0.3 is 10.5 Å². The van der Waals surface area contributed by atoms with Gasteiger partial charge in [-0.3, -0.25) is 9.36 Å². The van der Waals surface area contributed by atoms with Gasteiger partial charge in [-0.25, -0.2) is 4.98 Å². The third kappa shape index (κ3) is 1.37. The van der Waals surface area contributed by atoms with Gasteiger partial charge in [0.25, 0.3) is 5.56 Å². The summed E-state index contributed by atoms with van der Waals surface area (Å²) in [5.74, 6) is 0.301. The molecule has 0 unspecified atom stereocenters. The highest BCUT2D eigenvalue weighted by Crippen LogP contribution is 2.18. The Morgan fingerprint density at radius 1 is 1.47 bits per heavy atom. The van der Waals surface area contributed by atoms with E-state index in [0.29, 0.717) is 11.2 Å². The molecular formula is C8H9N5O2. The fraction of sp³-hybridized carbons (Fsp3) is 0.250. The molecule has 2 aromatic heterocycles. The van der Waals surface area contributed by atoms with E-state index in [4.69, 9.17) is 10.5 Å². The van der Waals surface area contributed by atoms with Crippen LogP contribution < -0.4 is 16.0 Å². The summed E-state index contributed by atoms with van der Waals surface area (Å²) in [6, 6.07) is 0. The molecule has 2 N–H and O–H groups in total. The van der Waals surface area contributed by atoms with Gasteiger partial charge in [0.15, 0.2) is 11.2 Å². The predicted octanol–water partition coefficient (Wildman–Crippen LogP) is -0.686. The molecule has 0 aliphatic rings. The molecule has 0 aliphatic carbocycles. The normalized spacial score (nSPS) is 10.5. The Labute approximate surface area is 84.5 Å². The van der Waals surface area contributed by atoms with Gasteiger partial charge in [0.05, 0.1) is 13.3 Å². The van der Waals surface area contributed by atoms with Crippen molar-refractivity contribution in [3.63, 3.8) is 0 Å². The predicted molar refractivity (Wildman–Crippen MR) is 53.5 cm³/mol. The van der Waals surface area contributed by atoms with Crippen LogP contribution in [0.4, 0.5) is 5.95 Å². The number of fused-ring (bicyclic) bond motifs is 1. The molecule has 15 heavy (non-hydrogen) atoms. The lowest BCUT2D eigenvalue weighted by molar-refractivity contribution is 0.402. The Bertz CT molecular complexity index is 577. The maximum Gasteiger partial charge on any atom is 0.270 e. The minimum atomic E-state index is -0.261. The number of anilines is 1. The monoisotopic (exact) mass is 207 g/mol. The minimum absolute atomic E-state index is 0.0438. The van der Waals surface area contributed by atoms with Crippen LogP contribution >= 0.6 is 0 Å². The highest BCUT2D eigenvalue weighted by molar-refractivity contribution is 5.76. The van der Waals surface area contributed by atoms with E-state index < -0.39 is 0 Å². The molecule has 0 amide bonds. The first kappa shape index (κ1) is 9.38. The van der Waals surface area contributed by atoms with Crippen LogP contribution in [0.3, 0.4) is 0 Å². The van der Waals surface area contributed by atoms with Crippen molar-refractivity contribution in [2.75, 3.05) is 12.8 Å². The lowest BCUT2D eigenvalue weighted by Gasteiger charge is -2.06. The molecule has 7 heteroatoms. The van der Waals surface area contributed by atoms with Crippen LogP contribution in [0.25, 0.3) is 11.2 Å². The third-order valence-corrected chi connectivity index (χ3v) is 2.00. The van der Waals surface area contributed by atoms with Crippen LogP contribution in [0.15, 0.2) is 11.0 Å². The maximum atomic E-state index is 11.3. The lowest BCUT2D eigenvalue weighted by Crippen LogP contribution is -2.18. The zero-order chi connectivity index (χ0) is 11.0. The first-order valence-corrected chi connectivity index (χ1v) is 4.16. The summed E-state index contributed by atoms with van der Waals surface area (Å²) in [4.78, 5) is 23.0. The van der Waals surface area contributed by atoms with Crippen LogP contribution in [0, 0.1) is 0 Å². The van der Waals surface area contributed by atoms with E-state index in [1.807, 2.05) is 0 Å². The number of nitrogen functional groups attached to an aromatic ring is 1. The van der Waals surface area contributed by atoms with E-state index >= 15 is 0 Å². The molecule has 0 radical (unpaired) electrons. The fourth-order valence-corrected chi connectivity index (χ4v) is 1.24. The second-order valence-corrected chi connectivity index (χ2v) is 2.92. The summed E-state index contributed by atoms with van der Waals surface area (Å²) in [5.41, 5.74) is 5.98. The molecule has 0 spiro atoms. The van der Waals surface area contributed by atoms with Crippen molar-refractivity contribution in [2.45, 2.75) is 0 Å². The zero-order valence-corrected chi connectivity index (χ0v) is 8.26. The topological polar surface area (TPSA) is 95.9 Å². The molecule has 7 nitrogen and oxygen atoms in total. The molecule has 0 aliphatic heterocycles. The van der Waals surface area contributed by atoms with Crippen LogP contribution in [0.1, 0.15) is 0 Å². The highest BCUT2D eigenvalue weighted by Gasteiger charge is 2.10. The van der Waals surface area contributed by atoms with Gasteiger partial charge in [-0.2, -0.15) is 9.97 Å². The number of methoxy groups -OCH3 is 1. The Morgan fingerprint density at radius 2 is 2.20 bits per heavy atom. The van der Waals surface area contributed by atoms with Crippen molar-refractivity contribution in [1.82, 2.24) is 19.5 Å². The fourth-order valence-electron chi connectivity index (χ4n) is 1.24. The van der Waals surface area contributed by atoms with Crippen molar-refractivity contribution in [3.05, 3.63) is 16.6 Å². The Hall–Kier alpha value is -2.18. The lowest BCUT2D eigenvalue weighted by atomic mass is 10.5. The van der Waals surface area contributed by atoms with Crippen molar-refractivity contribution >= 4 is 17.1 Å². The minimum Gasteiger partial charge on any atom is -0.479 e. The van der Waals surface area contributed by atoms with Gasteiger partial charge in [0.1, 0.15) is 0 Å². The van der Waals surface area contributed by atoms with E-state index in [1.54, 1.807) is 7.05 Å². The number of nitrogens with zero attached hydrogens (tertiary/aromatic N) is 4. The number of aryl methyl sites for hydroxylation is 1. The Balaban J connectivity index is 2.96. The van der Waals surface area contributed by atoms with E-state index in [2.05, 4.69) is 15.0 Å². The standard InChI is InChI=1S/C8H9N5O2/c1-13-4(14)3-10-5-6(13)11-8(9)12-7(5)15-2/h3H,1-2H3,(H2,9,11,12). The number of ether oxygens (including phenoxy) is 1. The number of hydrogen-bond donors (Lipinski definition) is 1. The van der Waals surface area contributed by atoms with Crippen LogP contribution in [-0.2, 0) is 7.05 Å². The number of aromatic nitrogens is 4. The van der Waals surface area contributed by atoms with Crippen molar-refractivity contribution < 1.29 is 4.74 Å². The van der Waals surface area contributed by atoms with Gasteiger partial charge in [-0.15, -0.1) is 0 Å². The van der Waals surface area contributed by atoms with E-state index in [0.717, 1.165) is 0 Å². The molecule has 0 atom stereocenters. The number of nitrogens with two attached hydrogens (primary N) is 1. The van der Waals surface area contributed by atoms with Crippen molar-refractivity contribution in [3.8, 4) is 5.88 Å². The van der Waals surface area contributed by atoms with Gasteiger partial charge in [-0.1, -0.05) is 0 Å². The molecule has 2 heterocycles. The summed E-state index contributed by atoms with van der Waals surface area (Å²) in [6.45, 7) is 0. The summed E-state index contributed by atoms with van der Waals surface area (Å²) < 4.78 is 6.33. The highest BCUT2D eigenvalue weighted by atomic mass is 16.5. The third-order valence-electron chi connectivity index (χ3n) is 2.00. The van der Waals surface area contributed by atoms with Gasteiger partial charge in [0, 0.05) is 7.05 Å². The summed E-state index contributed by atoms with van der Waals surface area (Å²) in [7, 11) is 3.03. The van der Waals surface area contributed by atoms with Crippen LogP contribution in [0.2, 0.25) is 0 Å². The quantitative estimate of drug-likeness (QED) is 0.665. The molecule has 0 saturated heterocycles. The average Bonchev–Trinajstić information content (AvgIpc) is 2.23. The summed E-state index contributed by atoms with van der Waals surface area (Å²) in [6.07, 6.45) is 1.18. The number of hydrogen-bond acceptors (Lipinski definition) is 6. The number of rotatable bonds is 1. The van der Waals surface area contributed by atoms with Gasteiger partial charge in [0.2, 0.25) is 11.8 Å².